The lowest BCUT2D eigenvalue weighted by Gasteiger charge is -2.37. The van der Waals surface area contributed by atoms with Crippen LogP contribution in [0.3, 0.4) is 0 Å². The molecule has 1 fully saturated rings. The third-order valence-corrected chi connectivity index (χ3v) is 8.11. The molecular formula is C33H37N3O3. The van der Waals surface area contributed by atoms with Crippen molar-refractivity contribution in [2.45, 2.75) is 45.6 Å². The molecule has 2 heterocycles. The van der Waals surface area contributed by atoms with E-state index < -0.39 is 5.54 Å². The number of nitrogens with zero attached hydrogens (tertiary/aromatic N) is 2. The SMILES string of the molecule is COc1ccc(C(Nc2ccn([C@@H]3O[C@H](C(C)C)[C@@H](C)[C@@H]3C)c(=O)n2)(c2ccccc2)c2ccccc2)cc1. The summed E-state index contributed by atoms with van der Waals surface area (Å²) in [5, 5.41) is 3.68. The average Bonchev–Trinajstić information content (AvgIpc) is 3.26. The van der Waals surface area contributed by atoms with Crippen molar-refractivity contribution in [2.75, 3.05) is 12.4 Å². The minimum Gasteiger partial charge on any atom is -0.497 e. The molecule has 39 heavy (non-hydrogen) atoms. The summed E-state index contributed by atoms with van der Waals surface area (Å²) in [6.45, 7) is 8.68. The van der Waals surface area contributed by atoms with E-state index >= 15 is 0 Å². The molecule has 1 saturated heterocycles. The Morgan fingerprint density at radius 1 is 0.846 bits per heavy atom. The van der Waals surface area contributed by atoms with Crippen molar-refractivity contribution >= 4 is 5.82 Å². The second kappa shape index (κ2) is 11.1. The maximum Gasteiger partial charge on any atom is 0.351 e. The Morgan fingerprint density at radius 2 is 1.41 bits per heavy atom. The zero-order chi connectivity index (χ0) is 27.6. The number of ether oxygens (including phenoxy) is 2. The van der Waals surface area contributed by atoms with Crippen LogP contribution in [0, 0.1) is 17.8 Å². The van der Waals surface area contributed by atoms with Crippen LogP contribution in [0.4, 0.5) is 5.82 Å². The molecule has 4 atom stereocenters. The molecule has 1 N–H and O–H groups in total. The van der Waals surface area contributed by atoms with E-state index in [1.807, 2.05) is 60.8 Å². The summed E-state index contributed by atoms with van der Waals surface area (Å²) >= 11 is 0. The molecule has 202 valence electrons. The van der Waals surface area contributed by atoms with Crippen molar-refractivity contribution in [2.24, 2.45) is 17.8 Å². The molecule has 1 aliphatic rings. The van der Waals surface area contributed by atoms with Crippen LogP contribution in [0.2, 0.25) is 0 Å². The zero-order valence-corrected chi connectivity index (χ0v) is 23.2. The van der Waals surface area contributed by atoms with Gasteiger partial charge in [0.2, 0.25) is 0 Å². The van der Waals surface area contributed by atoms with Crippen LogP contribution in [-0.4, -0.2) is 22.8 Å². The number of benzene rings is 3. The van der Waals surface area contributed by atoms with Gasteiger partial charge in [0.25, 0.3) is 0 Å². The number of nitrogens with one attached hydrogen (secondary N) is 1. The van der Waals surface area contributed by atoms with Gasteiger partial charge in [-0.15, -0.1) is 0 Å². The summed E-state index contributed by atoms with van der Waals surface area (Å²) in [5.74, 6) is 2.17. The molecule has 0 bridgehead atoms. The monoisotopic (exact) mass is 523 g/mol. The highest BCUT2D eigenvalue weighted by molar-refractivity contribution is 5.58. The lowest BCUT2D eigenvalue weighted by molar-refractivity contribution is -0.0346. The van der Waals surface area contributed by atoms with Gasteiger partial charge in [-0.1, -0.05) is 100 Å². The van der Waals surface area contributed by atoms with E-state index in [4.69, 9.17) is 9.47 Å². The van der Waals surface area contributed by atoms with E-state index in [2.05, 4.69) is 74.4 Å². The Kier molecular flexibility index (Phi) is 7.58. The molecule has 0 aliphatic carbocycles. The average molecular weight is 524 g/mol. The van der Waals surface area contributed by atoms with Crippen molar-refractivity contribution in [3.63, 3.8) is 0 Å². The largest absolute Gasteiger partial charge is 0.497 e. The molecule has 4 aromatic rings. The van der Waals surface area contributed by atoms with Gasteiger partial charge in [-0.25, -0.2) is 4.79 Å². The first-order chi connectivity index (χ1) is 18.8. The maximum atomic E-state index is 13.4. The maximum absolute atomic E-state index is 13.4. The van der Waals surface area contributed by atoms with Crippen LogP contribution in [0.1, 0.15) is 50.6 Å². The van der Waals surface area contributed by atoms with Crippen LogP contribution in [0.15, 0.2) is 102 Å². The van der Waals surface area contributed by atoms with Gasteiger partial charge in [0.05, 0.1) is 13.2 Å². The first-order valence-electron chi connectivity index (χ1n) is 13.6. The van der Waals surface area contributed by atoms with Crippen LogP contribution in [0.25, 0.3) is 0 Å². The summed E-state index contributed by atoms with van der Waals surface area (Å²) < 4.78 is 13.4. The number of methoxy groups -OCH3 is 1. The molecule has 6 nitrogen and oxygen atoms in total. The van der Waals surface area contributed by atoms with E-state index in [1.54, 1.807) is 11.7 Å². The predicted molar refractivity (Wildman–Crippen MR) is 155 cm³/mol. The first-order valence-corrected chi connectivity index (χ1v) is 13.6. The zero-order valence-electron chi connectivity index (χ0n) is 23.2. The molecular weight excluding hydrogens is 486 g/mol. The van der Waals surface area contributed by atoms with Crippen molar-refractivity contribution < 1.29 is 9.47 Å². The molecule has 0 unspecified atom stereocenters. The summed E-state index contributed by atoms with van der Waals surface area (Å²) in [7, 11) is 1.66. The molecule has 0 amide bonds. The van der Waals surface area contributed by atoms with E-state index in [0.717, 1.165) is 22.4 Å². The van der Waals surface area contributed by atoms with Gasteiger partial charge in [-0.2, -0.15) is 4.98 Å². The first kappa shape index (κ1) is 26.7. The van der Waals surface area contributed by atoms with E-state index in [9.17, 15) is 4.79 Å². The van der Waals surface area contributed by atoms with Gasteiger partial charge >= 0.3 is 5.69 Å². The second-order valence-corrected chi connectivity index (χ2v) is 10.8. The van der Waals surface area contributed by atoms with Gasteiger partial charge in [-0.05, 0) is 46.7 Å². The fraction of sp³-hybridized carbons (Fsp3) is 0.333. The Balaban J connectivity index is 1.61. The number of rotatable bonds is 8. The highest BCUT2D eigenvalue weighted by Crippen LogP contribution is 2.42. The minimum absolute atomic E-state index is 0.105. The van der Waals surface area contributed by atoms with E-state index in [1.165, 1.54) is 0 Å². The quantitative estimate of drug-likeness (QED) is 0.268. The molecule has 6 heteroatoms. The Morgan fingerprint density at radius 3 is 1.90 bits per heavy atom. The molecule has 0 spiro atoms. The highest BCUT2D eigenvalue weighted by Gasteiger charge is 2.42. The Hall–Kier alpha value is -3.90. The van der Waals surface area contributed by atoms with Crippen molar-refractivity contribution in [1.29, 1.82) is 0 Å². The van der Waals surface area contributed by atoms with Crippen LogP contribution < -0.4 is 15.7 Å². The predicted octanol–water partition coefficient (Wildman–Crippen LogP) is 6.48. The summed E-state index contributed by atoms with van der Waals surface area (Å²) in [4.78, 5) is 18.0. The smallest absolute Gasteiger partial charge is 0.351 e. The number of aromatic nitrogens is 2. The Bertz CT molecular complexity index is 1400. The molecule has 1 aromatic heterocycles. The van der Waals surface area contributed by atoms with Gasteiger partial charge in [0.15, 0.2) is 0 Å². The van der Waals surface area contributed by atoms with Crippen molar-refractivity contribution in [3.05, 3.63) is 124 Å². The van der Waals surface area contributed by atoms with Crippen LogP contribution in [0.5, 0.6) is 5.75 Å². The van der Waals surface area contributed by atoms with Crippen LogP contribution >= 0.6 is 0 Å². The third kappa shape index (κ3) is 4.97. The lowest BCUT2D eigenvalue weighted by atomic mass is 9.77. The molecule has 0 saturated carbocycles. The standard InChI is InChI=1S/C33H37N3O3/c1-22(2)30-23(3)24(4)31(39-30)36-21-20-29(34-32(36)37)35-33(25-12-8-6-9-13-25,26-14-10-7-11-15-26)27-16-18-28(38-5)19-17-27/h6-24,30-31H,1-5H3,(H,34,35,37)/t23-,24-,30+,31+/m0/s1. The normalized spacial score (nSPS) is 21.2. The lowest BCUT2D eigenvalue weighted by Crippen LogP contribution is -2.39. The second-order valence-electron chi connectivity index (χ2n) is 10.8. The number of hydrogen-bond acceptors (Lipinski definition) is 5. The molecule has 0 radical (unpaired) electrons. The summed E-state index contributed by atoms with van der Waals surface area (Å²) in [6, 6.07) is 30.3. The minimum atomic E-state index is -0.811. The summed E-state index contributed by atoms with van der Waals surface area (Å²) in [5.41, 5.74) is 1.89. The summed E-state index contributed by atoms with van der Waals surface area (Å²) in [6.07, 6.45) is 1.58. The fourth-order valence-corrected chi connectivity index (χ4v) is 5.85. The number of hydrogen-bond donors (Lipinski definition) is 1. The van der Waals surface area contributed by atoms with E-state index in [-0.39, 0.29) is 23.9 Å². The fourth-order valence-electron chi connectivity index (χ4n) is 5.85. The number of anilines is 1. The highest BCUT2D eigenvalue weighted by atomic mass is 16.5. The van der Waals surface area contributed by atoms with Crippen molar-refractivity contribution in [3.8, 4) is 5.75 Å². The molecule has 5 rings (SSSR count). The molecule has 3 aromatic carbocycles. The molecule has 1 aliphatic heterocycles. The van der Waals surface area contributed by atoms with Gasteiger partial charge in [0.1, 0.15) is 23.3 Å². The topological polar surface area (TPSA) is 65.4 Å². The van der Waals surface area contributed by atoms with Gasteiger partial charge < -0.3 is 14.8 Å². The third-order valence-electron chi connectivity index (χ3n) is 8.11. The van der Waals surface area contributed by atoms with Crippen molar-refractivity contribution in [1.82, 2.24) is 9.55 Å². The van der Waals surface area contributed by atoms with Gasteiger partial charge in [-0.3, -0.25) is 4.57 Å². The van der Waals surface area contributed by atoms with E-state index in [0.29, 0.717) is 17.7 Å². The Labute approximate surface area is 230 Å². The van der Waals surface area contributed by atoms with Gasteiger partial charge in [0, 0.05) is 12.1 Å². The van der Waals surface area contributed by atoms with Crippen LogP contribution in [-0.2, 0) is 10.3 Å².